The van der Waals surface area contributed by atoms with Crippen molar-refractivity contribution in [3.05, 3.63) is 58.3 Å². The normalized spacial score (nSPS) is 13.4. The predicted molar refractivity (Wildman–Crippen MR) is 101 cm³/mol. The number of rotatable bonds is 8. The summed E-state index contributed by atoms with van der Waals surface area (Å²) in [5, 5.41) is 2.05. The first-order valence-corrected chi connectivity index (χ1v) is 9.25. The van der Waals surface area contributed by atoms with E-state index >= 15 is 0 Å². The molecule has 0 bridgehead atoms. The molecule has 1 fully saturated rings. The summed E-state index contributed by atoms with van der Waals surface area (Å²) < 4.78 is 10.9. The lowest BCUT2D eigenvalue weighted by Gasteiger charge is -2.23. The molecule has 5 heteroatoms. The molecule has 4 nitrogen and oxygen atoms in total. The smallest absolute Gasteiger partial charge is 0.254 e. The molecule has 1 amide bonds. The summed E-state index contributed by atoms with van der Waals surface area (Å²) in [7, 11) is 3.20. The van der Waals surface area contributed by atoms with Gasteiger partial charge in [0.15, 0.2) is 11.5 Å². The maximum Gasteiger partial charge on any atom is 0.254 e. The summed E-state index contributed by atoms with van der Waals surface area (Å²) in [6, 6.07) is 8.11. The molecule has 1 aromatic heterocycles. The van der Waals surface area contributed by atoms with Gasteiger partial charge >= 0.3 is 0 Å². The van der Waals surface area contributed by atoms with Crippen LogP contribution in [0.3, 0.4) is 0 Å². The predicted octanol–water partition coefficient (Wildman–Crippen LogP) is 4.30. The summed E-state index contributed by atoms with van der Waals surface area (Å²) in [6.07, 6.45) is 4.57. The highest BCUT2D eigenvalue weighted by molar-refractivity contribution is 7.09. The van der Waals surface area contributed by atoms with Gasteiger partial charge in [-0.1, -0.05) is 12.1 Å². The highest BCUT2D eigenvalue weighted by Gasteiger charge is 2.33. The van der Waals surface area contributed by atoms with E-state index in [1.807, 2.05) is 22.4 Å². The molecule has 3 rings (SSSR count). The van der Waals surface area contributed by atoms with Crippen LogP contribution in [0.5, 0.6) is 11.5 Å². The van der Waals surface area contributed by atoms with Gasteiger partial charge in [-0.05, 0) is 42.8 Å². The van der Waals surface area contributed by atoms with Crippen molar-refractivity contribution in [2.24, 2.45) is 0 Å². The van der Waals surface area contributed by atoms with E-state index in [2.05, 4.69) is 12.6 Å². The van der Waals surface area contributed by atoms with E-state index in [9.17, 15) is 4.79 Å². The van der Waals surface area contributed by atoms with Gasteiger partial charge in [-0.2, -0.15) is 0 Å². The molecule has 25 heavy (non-hydrogen) atoms. The second-order valence-electron chi connectivity index (χ2n) is 6.11. The van der Waals surface area contributed by atoms with Gasteiger partial charge in [-0.25, -0.2) is 0 Å². The largest absolute Gasteiger partial charge is 0.493 e. The maximum absolute atomic E-state index is 13.2. The molecule has 1 aromatic carbocycles. The van der Waals surface area contributed by atoms with E-state index in [0.29, 0.717) is 36.1 Å². The minimum atomic E-state index is 0.0437. The van der Waals surface area contributed by atoms with Gasteiger partial charge in [0.1, 0.15) is 0 Å². The molecule has 0 saturated heterocycles. The van der Waals surface area contributed by atoms with Gasteiger partial charge in [-0.3, -0.25) is 4.79 Å². The molecule has 1 aliphatic carbocycles. The Labute approximate surface area is 152 Å². The number of hydrogen-bond acceptors (Lipinski definition) is 4. The standard InChI is InChI=1S/C20H23NO3S/c1-4-6-14-11-15(12-18(23-2)19(14)24-3)20(22)21(16-8-9-16)13-17-7-5-10-25-17/h4-5,7,10-12,16H,1,6,8-9,13H2,2-3H3. The van der Waals surface area contributed by atoms with Crippen molar-refractivity contribution >= 4 is 17.2 Å². The molecule has 0 unspecified atom stereocenters. The van der Waals surface area contributed by atoms with Crippen LogP contribution in [0.25, 0.3) is 0 Å². The number of methoxy groups -OCH3 is 2. The highest BCUT2D eigenvalue weighted by atomic mass is 32.1. The zero-order chi connectivity index (χ0) is 17.8. The van der Waals surface area contributed by atoms with Crippen LogP contribution in [0.15, 0.2) is 42.3 Å². The fourth-order valence-corrected chi connectivity index (χ4v) is 3.67. The Balaban J connectivity index is 1.93. The van der Waals surface area contributed by atoms with E-state index in [1.54, 1.807) is 37.7 Å². The van der Waals surface area contributed by atoms with Gasteiger partial charge in [0.2, 0.25) is 0 Å². The van der Waals surface area contributed by atoms with Gasteiger partial charge in [0, 0.05) is 22.0 Å². The Kier molecular flexibility index (Phi) is 5.43. The van der Waals surface area contributed by atoms with E-state index in [1.165, 1.54) is 4.88 Å². The molecular weight excluding hydrogens is 334 g/mol. The maximum atomic E-state index is 13.2. The fraction of sp³-hybridized carbons (Fsp3) is 0.350. The number of carbonyl (C=O) groups excluding carboxylic acids is 1. The molecule has 0 radical (unpaired) electrons. The Morgan fingerprint density at radius 3 is 2.72 bits per heavy atom. The number of benzene rings is 1. The molecule has 0 aliphatic heterocycles. The lowest BCUT2D eigenvalue weighted by atomic mass is 10.0. The molecule has 1 heterocycles. The lowest BCUT2D eigenvalue weighted by molar-refractivity contribution is 0.0731. The fourth-order valence-electron chi connectivity index (χ4n) is 2.96. The summed E-state index contributed by atoms with van der Waals surface area (Å²) in [5.74, 6) is 1.29. The number of carbonyl (C=O) groups is 1. The molecule has 0 spiro atoms. The molecular formula is C20H23NO3S. The summed E-state index contributed by atoms with van der Waals surface area (Å²) in [4.78, 5) is 16.4. The number of nitrogens with zero attached hydrogens (tertiary/aromatic N) is 1. The number of allylic oxidation sites excluding steroid dienone is 1. The molecule has 132 valence electrons. The molecule has 1 aliphatic rings. The van der Waals surface area contributed by atoms with Crippen molar-refractivity contribution in [1.29, 1.82) is 0 Å². The van der Waals surface area contributed by atoms with E-state index < -0.39 is 0 Å². The van der Waals surface area contributed by atoms with E-state index in [-0.39, 0.29) is 5.91 Å². The third kappa shape index (κ3) is 3.87. The Bertz CT molecular complexity index is 751. The van der Waals surface area contributed by atoms with Crippen LogP contribution in [0.4, 0.5) is 0 Å². The highest BCUT2D eigenvalue weighted by Crippen LogP contribution is 2.36. The van der Waals surface area contributed by atoms with Crippen LogP contribution in [0.1, 0.15) is 33.6 Å². The molecule has 0 N–H and O–H groups in total. The Hall–Kier alpha value is -2.27. The zero-order valence-corrected chi connectivity index (χ0v) is 15.5. The first-order valence-electron chi connectivity index (χ1n) is 8.37. The van der Waals surface area contributed by atoms with Crippen LogP contribution in [-0.2, 0) is 13.0 Å². The topological polar surface area (TPSA) is 38.8 Å². The van der Waals surface area contributed by atoms with Crippen molar-refractivity contribution in [2.75, 3.05) is 14.2 Å². The Morgan fingerprint density at radius 2 is 2.16 bits per heavy atom. The summed E-state index contributed by atoms with van der Waals surface area (Å²) >= 11 is 1.68. The monoisotopic (exact) mass is 357 g/mol. The van der Waals surface area contributed by atoms with Crippen molar-refractivity contribution < 1.29 is 14.3 Å². The third-order valence-corrected chi connectivity index (χ3v) is 5.18. The average molecular weight is 357 g/mol. The van der Waals surface area contributed by atoms with Crippen molar-refractivity contribution in [3.63, 3.8) is 0 Å². The lowest BCUT2D eigenvalue weighted by Crippen LogP contribution is -2.32. The quantitative estimate of drug-likeness (QED) is 0.661. The van der Waals surface area contributed by atoms with Gasteiger partial charge in [-0.15, -0.1) is 17.9 Å². The first kappa shape index (κ1) is 17.5. The zero-order valence-electron chi connectivity index (χ0n) is 14.7. The van der Waals surface area contributed by atoms with Crippen molar-refractivity contribution in [1.82, 2.24) is 4.90 Å². The molecule has 1 saturated carbocycles. The second kappa shape index (κ2) is 7.74. The van der Waals surface area contributed by atoms with Crippen LogP contribution >= 0.6 is 11.3 Å². The van der Waals surface area contributed by atoms with Crippen LogP contribution in [0.2, 0.25) is 0 Å². The van der Waals surface area contributed by atoms with Gasteiger partial charge in [0.25, 0.3) is 5.91 Å². The summed E-state index contributed by atoms with van der Waals surface area (Å²) in [5.41, 5.74) is 1.55. The summed E-state index contributed by atoms with van der Waals surface area (Å²) in [6.45, 7) is 4.45. The van der Waals surface area contributed by atoms with Gasteiger partial charge < -0.3 is 14.4 Å². The first-order chi connectivity index (χ1) is 12.2. The van der Waals surface area contributed by atoms with E-state index in [0.717, 1.165) is 18.4 Å². The average Bonchev–Trinajstić information content (AvgIpc) is 3.34. The number of amides is 1. The van der Waals surface area contributed by atoms with Crippen molar-refractivity contribution in [2.45, 2.75) is 31.8 Å². The second-order valence-corrected chi connectivity index (χ2v) is 7.14. The van der Waals surface area contributed by atoms with Crippen LogP contribution in [-0.4, -0.2) is 31.1 Å². The van der Waals surface area contributed by atoms with Crippen LogP contribution < -0.4 is 9.47 Å². The van der Waals surface area contributed by atoms with Gasteiger partial charge in [0.05, 0.1) is 20.8 Å². The third-order valence-electron chi connectivity index (χ3n) is 4.32. The Morgan fingerprint density at radius 1 is 1.36 bits per heavy atom. The number of ether oxygens (including phenoxy) is 2. The van der Waals surface area contributed by atoms with Crippen molar-refractivity contribution in [3.8, 4) is 11.5 Å². The van der Waals surface area contributed by atoms with Crippen LogP contribution in [0, 0.1) is 0 Å². The SMILES string of the molecule is C=CCc1cc(C(=O)N(Cc2cccs2)C2CC2)cc(OC)c1OC. The minimum absolute atomic E-state index is 0.0437. The van der Waals surface area contributed by atoms with E-state index in [4.69, 9.17) is 9.47 Å². The minimum Gasteiger partial charge on any atom is -0.493 e. The number of thiophene rings is 1. The number of hydrogen-bond donors (Lipinski definition) is 0. The molecule has 0 atom stereocenters. The molecule has 2 aromatic rings.